The van der Waals surface area contributed by atoms with Crippen molar-refractivity contribution in [2.24, 2.45) is 9.98 Å². The lowest BCUT2D eigenvalue weighted by Gasteiger charge is -2.30. The van der Waals surface area contributed by atoms with Gasteiger partial charge in [-0.2, -0.15) is 0 Å². The van der Waals surface area contributed by atoms with Crippen molar-refractivity contribution in [1.82, 2.24) is 0 Å². The van der Waals surface area contributed by atoms with E-state index in [4.69, 9.17) is 9.98 Å². The maximum absolute atomic E-state index is 5.31. The van der Waals surface area contributed by atoms with Gasteiger partial charge < -0.3 is 0 Å². The molecule has 0 fully saturated rings. The average molecular weight is 651 g/mol. The second-order valence-corrected chi connectivity index (χ2v) is 13.7. The lowest BCUT2D eigenvalue weighted by molar-refractivity contribution is 0.793. The largest absolute Gasteiger partial charge is 0.280 e. The molecule has 1 spiro atoms. The highest BCUT2D eigenvalue weighted by atomic mass is 14.8. The summed E-state index contributed by atoms with van der Waals surface area (Å²) < 4.78 is 0. The van der Waals surface area contributed by atoms with Crippen LogP contribution in [0.1, 0.15) is 50.1 Å². The van der Waals surface area contributed by atoms with Crippen LogP contribution in [0.4, 0.5) is 0 Å². The molecule has 240 valence electrons. The highest BCUT2D eigenvalue weighted by molar-refractivity contribution is 6.14. The van der Waals surface area contributed by atoms with Crippen molar-refractivity contribution in [3.63, 3.8) is 0 Å². The normalized spacial score (nSPS) is 14.4. The first-order valence-electron chi connectivity index (χ1n) is 17.7. The van der Waals surface area contributed by atoms with Gasteiger partial charge in [0.05, 0.1) is 23.4 Å². The van der Waals surface area contributed by atoms with Gasteiger partial charge in [0.1, 0.15) is 0 Å². The average Bonchev–Trinajstić information content (AvgIpc) is 3.83. The van der Waals surface area contributed by atoms with Gasteiger partial charge in [0.25, 0.3) is 0 Å². The quantitative estimate of drug-likeness (QED) is 0.160. The van der Waals surface area contributed by atoms with Crippen LogP contribution in [-0.2, 0) is 18.4 Å². The van der Waals surface area contributed by atoms with Crippen molar-refractivity contribution in [3.05, 3.63) is 220 Å². The fourth-order valence-electron chi connectivity index (χ4n) is 8.97. The molecular formula is C49H34N2. The summed E-state index contributed by atoms with van der Waals surface area (Å²) in [5.41, 5.74) is 20.3. The van der Waals surface area contributed by atoms with Crippen LogP contribution in [0.15, 0.2) is 180 Å². The first kappa shape index (κ1) is 29.5. The van der Waals surface area contributed by atoms with Gasteiger partial charge in [-0.15, -0.1) is 0 Å². The SMILES string of the molecule is C=N/C(=C\C(=NCc1ccccc1)c1cccc2c1Cc1ccccc1-2)c1ccc2c(c1)C1(c3ccccc3-c3ccccc31)c1ccccc1-2. The lowest BCUT2D eigenvalue weighted by Crippen LogP contribution is -2.25. The Morgan fingerprint density at radius 3 is 1.78 bits per heavy atom. The molecule has 0 aromatic heterocycles. The van der Waals surface area contributed by atoms with E-state index in [0.717, 1.165) is 29.0 Å². The van der Waals surface area contributed by atoms with Crippen molar-refractivity contribution in [1.29, 1.82) is 0 Å². The Balaban J connectivity index is 1.17. The minimum absolute atomic E-state index is 0.419. The predicted octanol–water partition coefficient (Wildman–Crippen LogP) is 11.3. The van der Waals surface area contributed by atoms with E-state index < -0.39 is 5.41 Å². The molecular weight excluding hydrogens is 617 g/mol. The first-order valence-corrected chi connectivity index (χ1v) is 17.7. The Hall–Kier alpha value is -6.38. The molecule has 0 N–H and O–H groups in total. The Kier molecular flexibility index (Phi) is 6.72. The summed E-state index contributed by atoms with van der Waals surface area (Å²) in [6.45, 7) is 4.70. The molecule has 7 aromatic rings. The third kappa shape index (κ3) is 4.36. The maximum atomic E-state index is 5.31. The standard InChI is InChI=1S/C49H34N2/c1-50-47(30-48(51-31-32-14-3-2-4-15-32)41-22-13-21-36-35-17-6-5-16-33(35)28-42(36)41)34-26-27-40-39-20-9-12-25-45(39)49(46(40)29-34)43-23-10-7-18-37(43)38-19-8-11-24-44(38)49/h2-27,29-30H,1,28,31H2/b47-30-,51-48?. The third-order valence-electron chi connectivity index (χ3n) is 11.1. The molecule has 2 heteroatoms. The van der Waals surface area contributed by atoms with Crippen LogP contribution in [0.25, 0.3) is 39.1 Å². The van der Waals surface area contributed by atoms with E-state index in [2.05, 4.69) is 177 Å². The number of benzene rings is 7. The van der Waals surface area contributed by atoms with Gasteiger partial charge in [-0.3, -0.25) is 9.98 Å². The second kappa shape index (κ2) is 11.6. The second-order valence-electron chi connectivity index (χ2n) is 13.7. The summed E-state index contributed by atoms with van der Waals surface area (Å²) in [6.07, 6.45) is 3.04. The summed E-state index contributed by atoms with van der Waals surface area (Å²) in [5.74, 6) is 0. The smallest absolute Gasteiger partial charge is 0.0725 e. The Bertz CT molecular complexity index is 2540. The number of hydrogen-bond acceptors (Lipinski definition) is 2. The number of fused-ring (bicyclic) bond motifs is 13. The van der Waals surface area contributed by atoms with Gasteiger partial charge in [-0.1, -0.05) is 158 Å². The predicted molar refractivity (Wildman–Crippen MR) is 212 cm³/mol. The van der Waals surface area contributed by atoms with Gasteiger partial charge in [-0.25, -0.2) is 0 Å². The number of nitrogens with zero attached hydrogens (tertiary/aromatic N) is 2. The summed E-state index contributed by atoms with van der Waals surface area (Å²) in [5, 5.41) is 0. The maximum Gasteiger partial charge on any atom is 0.0725 e. The highest BCUT2D eigenvalue weighted by Gasteiger charge is 2.51. The minimum Gasteiger partial charge on any atom is -0.280 e. The number of allylic oxidation sites excluding steroid dienone is 1. The summed E-state index contributed by atoms with van der Waals surface area (Å²) in [4.78, 5) is 10.0. The highest BCUT2D eigenvalue weighted by Crippen LogP contribution is 2.62. The molecule has 0 atom stereocenters. The lowest BCUT2D eigenvalue weighted by atomic mass is 9.70. The molecule has 0 bridgehead atoms. The van der Waals surface area contributed by atoms with Gasteiger partial charge in [-0.05, 0) is 97.6 Å². The van der Waals surface area contributed by atoms with Gasteiger partial charge in [0.15, 0.2) is 0 Å². The van der Waals surface area contributed by atoms with Crippen LogP contribution in [0.5, 0.6) is 0 Å². The van der Waals surface area contributed by atoms with Crippen LogP contribution in [0.3, 0.4) is 0 Å². The van der Waals surface area contributed by atoms with Crippen LogP contribution in [-0.4, -0.2) is 12.4 Å². The van der Waals surface area contributed by atoms with Crippen LogP contribution >= 0.6 is 0 Å². The van der Waals surface area contributed by atoms with E-state index in [1.807, 2.05) is 0 Å². The van der Waals surface area contributed by atoms with Crippen molar-refractivity contribution in [3.8, 4) is 33.4 Å². The molecule has 0 heterocycles. The zero-order chi connectivity index (χ0) is 33.9. The first-order chi connectivity index (χ1) is 25.3. The van der Waals surface area contributed by atoms with E-state index in [0.29, 0.717) is 6.54 Å². The molecule has 2 nitrogen and oxygen atoms in total. The molecule has 0 unspecified atom stereocenters. The Morgan fingerprint density at radius 2 is 1.12 bits per heavy atom. The molecule has 0 radical (unpaired) electrons. The van der Waals surface area contributed by atoms with E-state index in [-0.39, 0.29) is 0 Å². The topological polar surface area (TPSA) is 24.7 Å². The van der Waals surface area contributed by atoms with Crippen molar-refractivity contribution in [2.75, 3.05) is 0 Å². The fraction of sp³-hybridized carbons (Fsp3) is 0.0612. The molecule has 7 aromatic carbocycles. The summed E-state index contributed by atoms with van der Waals surface area (Å²) >= 11 is 0. The Labute approximate surface area is 298 Å². The molecule has 0 saturated heterocycles. The van der Waals surface area contributed by atoms with Crippen molar-refractivity contribution in [2.45, 2.75) is 18.4 Å². The van der Waals surface area contributed by atoms with Crippen molar-refractivity contribution < 1.29 is 0 Å². The van der Waals surface area contributed by atoms with Gasteiger partial charge in [0.2, 0.25) is 0 Å². The monoisotopic (exact) mass is 650 g/mol. The molecule has 0 amide bonds. The molecule has 3 aliphatic rings. The molecule has 3 aliphatic carbocycles. The number of hydrogen-bond donors (Lipinski definition) is 0. The Morgan fingerprint density at radius 1 is 0.549 bits per heavy atom. The van der Waals surface area contributed by atoms with Crippen molar-refractivity contribution >= 4 is 18.1 Å². The van der Waals surface area contributed by atoms with Crippen LogP contribution in [0.2, 0.25) is 0 Å². The molecule has 10 rings (SSSR count). The van der Waals surface area contributed by atoms with Crippen LogP contribution < -0.4 is 0 Å². The zero-order valence-electron chi connectivity index (χ0n) is 28.2. The van der Waals surface area contributed by atoms with E-state index in [1.165, 1.54) is 72.3 Å². The molecule has 0 aliphatic heterocycles. The summed E-state index contributed by atoms with van der Waals surface area (Å²) in [7, 11) is 0. The van der Waals surface area contributed by atoms with Gasteiger partial charge in [0, 0.05) is 11.1 Å². The third-order valence-corrected chi connectivity index (χ3v) is 11.1. The minimum atomic E-state index is -0.419. The molecule has 0 saturated carbocycles. The fourth-order valence-corrected chi connectivity index (χ4v) is 8.97. The zero-order valence-corrected chi connectivity index (χ0v) is 28.2. The van der Waals surface area contributed by atoms with E-state index in [1.54, 1.807) is 0 Å². The van der Waals surface area contributed by atoms with E-state index >= 15 is 0 Å². The summed E-state index contributed by atoms with van der Waals surface area (Å²) in [6, 6.07) is 59.5. The number of aliphatic imine (C=N–C) groups is 2. The van der Waals surface area contributed by atoms with Gasteiger partial charge >= 0.3 is 0 Å². The van der Waals surface area contributed by atoms with Crippen LogP contribution in [0, 0.1) is 0 Å². The molecule has 51 heavy (non-hydrogen) atoms. The van der Waals surface area contributed by atoms with E-state index in [9.17, 15) is 0 Å². The number of rotatable bonds is 6.